The summed E-state index contributed by atoms with van der Waals surface area (Å²) in [6, 6.07) is 6.23. The minimum atomic E-state index is -0.475. The van der Waals surface area contributed by atoms with Crippen LogP contribution in [0.15, 0.2) is 18.2 Å². The van der Waals surface area contributed by atoms with E-state index in [0.29, 0.717) is 0 Å². The molecule has 3 nitrogen and oxygen atoms in total. The largest absolute Gasteiger partial charge is 0.481 e. The average Bonchev–Trinajstić information content (AvgIpc) is 2.46. The molecule has 1 aliphatic carbocycles. The molecule has 1 aromatic carbocycles. The molecule has 0 radical (unpaired) electrons. The van der Waals surface area contributed by atoms with Crippen LogP contribution < -0.4 is 10.1 Å². The molecule has 116 valence electrons. The molecular weight excluding hydrogens is 262 g/mol. The van der Waals surface area contributed by atoms with E-state index < -0.39 is 6.10 Å². The molecule has 2 rings (SSSR count). The number of ether oxygens (including phenoxy) is 1. The monoisotopic (exact) mass is 289 g/mol. The summed E-state index contributed by atoms with van der Waals surface area (Å²) in [7, 11) is 0. The van der Waals surface area contributed by atoms with Crippen LogP contribution in [0.2, 0.25) is 0 Å². The van der Waals surface area contributed by atoms with E-state index in [1.165, 1.54) is 24.0 Å². The summed E-state index contributed by atoms with van der Waals surface area (Å²) in [5, 5.41) is 3.02. The van der Waals surface area contributed by atoms with E-state index in [0.717, 1.165) is 25.0 Å². The fourth-order valence-electron chi connectivity index (χ4n) is 2.56. The normalized spacial score (nSPS) is 16.0. The van der Waals surface area contributed by atoms with E-state index in [9.17, 15) is 4.79 Å². The highest BCUT2D eigenvalue weighted by molar-refractivity contribution is 5.81. The molecule has 3 heteroatoms. The standard InChI is InChI=1S/C18H27NO2/c1-5-18(3,4)19-17(20)13(2)21-16-11-10-14-8-6-7-9-15(14)12-16/h10-13H,5-9H2,1-4H3,(H,19,20)/t13-/m1/s1. The molecule has 1 aromatic rings. The second kappa shape index (κ2) is 6.50. The van der Waals surface area contributed by atoms with Crippen LogP contribution >= 0.6 is 0 Å². The van der Waals surface area contributed by atoms with Gasteiger partial charge in [-0.3, -0.25) is 4.79 Å². The summed E-state index contributed by atoms with van der Waals surface area (Å²) in [5.41, 5.74) is 2.61. The van der Waals surface area contributed by atoms with Gasteiger partial charge in [-0.1, -0.05) is 13.0 Å². The zero-order valence-electron chi connectivity index (χ0n) is 13.7. The predicted molar refractivity (Wildman–Crippen MR) is 85.7 cm³/mol. The molecule has 0 saturated carbocycles. The Morgan fingerprint density at radius 1 is 1.29 bits per heavy atom. The zero-order chi connectivity index (χ0) is 15.5. The van der Waals surface area contributed by atoms with Gasteiger partial charge in [-0.15, -0.1) is 0 Å². The van der Waals surface area contributed by atoms with Crippen molar-refractivity contribution < 1.29 is 9.53 Å². The summed E-state index contributed by atoms with van der Waals surface area (Å²) in [6.07, 6.45) is 5.23. The Labute approximate surface area is 128 Å². The van der Waals surface area contributed by atoms with E-state index in [2.05, 4.69) is 24.4 Å². The summed E-state index contributed by atoms with van der Waals surface area (Å²) in [5.74, 6) is 0.743. The number of carbonyl (C=O) groups is 1. The van der Waals surface area contributed by atoms with Gasteiger partial charge < -0.3 is 10.1 Å². The average molecular weight is 289 g/mol. The first-order valence-corrected chi connectivity index (χ1v) is 8.02. The molecule has 1 atom stereocenters. The number of rotatable bonds is 5. The highest BCUT2D eigenvalue weighted by atomic mass is 16.5. The third-order valence-electron chi connectivity index (χ3n) is 4.35. The second-order valence-corrected chi connectivity index (χ2v) is 6.62. The lowest BCUT2D eigenvalue weighted by Gasteiger charge is -2.27. The zero-order valence-corrected chi connectivity index (χ0v) is 13.7. The molecule has 1 aliphatic rings. The highest BCUT2D eigenvalue weighted by Crippen LogP contribution is 2.26. The minimum absolute atomic E-state index is 0.0560. The van der Waals surface area contributed by atoms with Crippen molar-refractivity contribution >= 4 is 5.91 Å². The summed E-state index contributed by atoms with van der Waals surface area (Å²) in [4.78, 5) is 12.2. The topological polar surface area (TPSA) is 38.3 Å². The molecule has 1 amide bonds. The highest BCUT2D eigenvalue weighted by Gasteiger charge is 2.23. The van der Waals surface area contributed by atoms with Crippen LogP contribution in [0.25, 0.3) is 0 Å². The van der Waals surface area contributed by atoms with Crippen LogP contribution in [0.3, 0.4) is 0 Å². The molecule has 0 unspecified atom stereocenters. The van der Waals surface area contributed by atoms with Crippen LogP contribution in [0, 0.1) is 0 Å². The number of benzene rings is 1. The Hall–Kier alpha value is -1.51. The van der Waals surface area contributed by atoms with Crippen molar-refractivity contribution in [2.45, 2.75) is 71.4 Å². The molecule has 1 N–H and O–H groups in total. The molecule has 0 bridgehead atoms. The molecule has 21 heavy (non-hydrogen) atoms. The maximum absolute atomic E-state index is 12.2. The predicted octanol–water partition coefficient (Wildman–Crippen LogP) is 3.64. The molecule has 0 aliphatic heterocycles. The summed E-state index contributed by atoms with van der Waals surface area (Å²) >= 11 is 0. The summed E-state index contributed by atoms with van der Waals surface area (Å²) < 4.78 is 5.82. The van der Waals surface area contributed by atoms with E-state index in [1.807, 2.05) is 19.9 Å². The van der Waals surface area contributed by atoms with Crippen molar-refractivity contribution in [2.24, 2.45) is 0 Å². The van der Waals surface area contributed by atoms with E-state index in [-0.39, 0.29) is 11.4 Å². The van der Waals surface area contributed by atoms with Crippen molar-refractivity contribution in [2.75, 3.05) is 0 Å². The van der Waals surface area contributed by atoms with Crippen molar-refractivity contribution in [3.8, 4) is 5.75 Å². The van der Waals surface area contributed by atoms with Gasteiger partial charge in [0.15, 0.2) is 6.10 Å². The maximum Gasteiger partial charge on any atom is 0.261 e. The molecule has 0 aromatic heterocycles. The Bertz CT molecular complexity index is 508. The van der Waals surface area contributed by atoms with E-state index >= 15 is 0 Å². The number of nitrogens with one attached hydrogen (secondary N) is 1. The van der Waals surface area contributed by atoms with Crippen LogP contribution in [0.4, 0.5) is 0 Å². The molecule has 0 saturated heterocycles. The number of aryl methyl sites for hydroxylation is 2. The Morgan fingerprint density at radius 3 is 2.62 bits per heavy atom. The van der Waals surface area contributed by atoms with Crippen molar-refractivity contribution in [3.05, 3.63) is 29.3 Å². The van der Waals surface area contributed by atoms with Gasteiger partial charge in [0.25, 0.3) is 5.91 Å². The van der Waals surface area contributed by atoms with Gasteiger partial charge in [-0.2, -0.15) is 0 Å². The lowest BCUT2D eigenvalue weighted by molar-refractivity contribution is -0.128. The lowest BCUT2D eigenvalue weighted by Crippen LogP contribution is -2.48. The first kappa shape index (κ1) is 15.9. The van der Waals surface area contributed by atoms with Crippen LogP contribution in [-0.4, -0.2) is 17.6 Å². The molecule has 0 spiro atoms. The number of fused-ring (bicyclic) bond motifs is 1. The van der Waals surface area contributed by atoms with Gasteiger partial charge >= 0.3 is 0 Å². The first-order valence-electron chi connectivity index (χ1n) is 8.02. The third kappa shape index (κ3) is 4.23. The number of carbonyl (C=O) groups excluding carboxylic acids is 1. The quantitative estimate of drug-likeness (QED) is 0.898. The number of hydrogen-bond acceptors (Lipinski definition) is 2. The minimum Gasteiger partial charge on any atom is -0.481 e. The molecule has 0 heterocycles. The Balaban J connectivity index is 1.99. The van der Waals surface area contributed by atoms with Gasteiger partial charge in [-0.05, 0) is 76.1 Å². The van der Waals surface area contributed by atoms with Gasteiger partial charge in [0.1, 0.15) is 5.75 Å². The van der Waals surface area contributed by atoms with Gasteiger partial charge in [0.2, 0.25) is 0 Å². The fourth-order valence-corrected chi connectivity index (χ4v) is 2.56. The SMILES string of the molecule is CCC(C)(C)NC(=O)[C@@H](C)Oc1ccc2c(c1)CCCC2. The number of hydrogen-bond donors (Lipinski definition) is 1. The molecule has 0 fully saturated rings. The summed E-state index contributed by atoms with van der Waals surface area (Å²) in [6.45, 7) is 7.92. The van der Waals surface area contributed by atoms with Crippen molar-refractivity contribution in [1.29, 1.82) is 0 Å². The van der Waals surface area contributed by atoms with Crippen LogP contribution in [-0.2, 0) is 17.6 Å². The third-order valence-corrected chi connectivity index (χ3v) is 4.35. The first-order chi connectivity index (χ1) is 9.91. The van der Waals surface area contributed by atoms with Gasteiger partial charge in [-0.25, -0.2) is 0 Å². The van der Waals surface area contributed by atoms with Gasteiger partial charge in [0, 0.05) is 5.54 Å². The van der Waals surface area contributed by atoms with Crippen LogP contribution in [0.1, 0.15) is 58.1 Å². The molecular formula is C18H27NO2. The van der Waals surface area contributed by atoms with Crippen molar-refractivity contribution in [3.63, 3.8) is 0 Å². The second-order valence-electron chi connectivity index (χ2n) is 6.62. The maximum atomic E-state index is 12.2. The Morgan fingerprint density at radius 2 is 1.95 bits per heavy atom. The smallest absolute Gasteiger partial charge is 0.261 e. The van der Waals surface area contributed by atoms with E-state index in [1.54, 1.807) is 6.92 Å². The van der Waals surface area contributed by atoms with Gasteiger partial charge in [0.05, 0.1) is 0 Å². The lowest BCUT2D eigenvalue weighted by atomic mass is 9.92. The number of amides is 1. The van der Waals surface area contributed by atoms with Crippen molar-refractivity contribution in [1.82, 2.24) is 5.32 Å². The Kier molecular flexibility index (Phi) is 4.92. The fraction of sp³-hybridized carbons (Fsp3) is 0.611. The van der Waals surface area contributed by atoms with E-state index in [4.69, 9.17) is 4.74 Å². The van der Waals surface area contributed by atoms with Crippen LogP contribution in [0.5, 0.6) is 5.75 Å².